The number of thiol groups is 1. The normalized spacial score (nSPS) is 17.1. The van der Waals surface area contributed by atoms with Gasteiger partial charge in [-0.05, 0) is 24.6 Å². The first kappa shape index (κ1) is 9.87. The summed E-state index contributed by atoms with van der Waals surface area (Å²) >= 11 is 4.52. The number of nitrogens with one attached hydrogen (secondary N) is 1. The molecule has 1 fully saturated rings. The topological polar surface area (TPSA) is 15.3 Å². The maximum atomic E-state index is 4.52. The fourth-order valence-corrected chi connectivity index (χ4v) is 2.23. The van der Waals surface area contributed by atoms with E-state index in [4.69, 9.17) is 0 Å². The monoisotopic (exact) mass is 208 g/mol. The van der Waals surface area contributed by atoms with Crippen molar-refractivity contribution < 1.29 is 0 Å². The Hall–Kier alpha value is -0.670. The average Bonchev–Trinajstić information content (AvgIpc) is 2.19. The first-order valence-electron chi connectivity index (χ1n) is 5.02. The molecule has 0 bridgehead atoms. The molecule has 1 aromatic rings. The zero-order valence-electron chi connectivity index (χ0n) is 8.45. The molecule has 3 heteroatoms. The van der Waals surface area contributed by atoms with Crippen molar-refractivity contribution in [1.82, 2.24) is 5.32 Å². The molecule has 0 spiro atoms. The van der Waals surface area contributed by atoms with Crippen LogP contribution in [-0.4, -0.2) is 26.2 Å². The standard InChI is InChI=1S/C11H16N2S/c1-9-2-3-10(11(14)8-9)13-6-4-12-5-7-13/h2-3,8,12,14H,4-7H2,1H3. The van der Waals surface area contributed by atoms with Gasteiger partial charge in [0.1, 0.15) is 0 Å². The molecule has 0 amide bonds. The van der Waals surface area contributed by atoms with Crippen molar-refractivity contribution in [3.63, 3.8) is 0 Å². The highest BCUT2D eigenvalue weighted by Crippen LogP contribution is 2.25. The lowest BCUT2D eigenvalue weighted by Crippen LogP contribution is -2.43. The Morgan fingerprint density at radius 1 is 1.29 bits per heavy atom. The SMILES string of the molecule is Cc1ccc(N2CCNCC2)c(S)c1. The Labute approximate surface area is 90.7 Å². The number of piperazine rings is 1. The number of hydrogen-bond donors (Lipinski definition) is 2. The number of anilines is 1. The van der Waals surface area contributed by atoms with E-state index in [1.165, 1.54) is 11.3 Å². The van der Waals surface area contributed by atoms with E-state index < -0.39 is 0 Å². The van der Waals surface area contributed by atoms with Crippen LogP contribution in [0.4, 0.5) is 5.69 Å². The molecular formula is C11H16N2S. The third-order valence-corrected chi connectivity index (χ3v) is 2.95. The minimum Gasteiger partial charge on any atom is -0.368 e. The summed E-state index contributed by atoms with van der Waals surface area (Å²) < 4.78 is 0. The van der Waals surface area contributed by atoms with Crippen LogP contribution in [0, 0.1) is 6.92 Å². The van der Waals surface area contributed by atoms with Gasteiger partial charge in [0.15, 0.2) is 0 Å². The third-order valence-electron chi connectivity index (χ3n) is 2.59. The molecule has 1 saturated heterocycles. The minimum absolute atomic E-state index is 1.07. The van der Waals surface area contributed by atoms with Crippen molar-refractivity contribution in [3.8, 4) is 0 Å². The van der Waals surface area contributed by atoms with E-state index in [1.54, 1.807) is 0 Å². The van der Waals surface area contributed by atoms with Gasteiger partial charge in [0, 0.05) is 31.1 Å². The summed E-state index contributed by atoms with van der Waals surface area (Å²) in [5.41, 5.74) is 2.54. The maximum absolute atomic E-state index is 4.52. The molecule has 14 heavy (non-hydrogen) atoms. The van der Waals surface area contributed by atoms with Gasteiger partial charge in [-0.25, -0.2) is 0 Å². The second kappa shape index (κ2) is 4.24. The molecule has 0 saturated carbocycles. The molecular weight excluding hydrogens is 192 g/mol. The summed E-state index contributed by atoms with van der Waals surface area (Å²) in [5.74, 6) is 0. The summed E-state index contributed by atoms with van der Waals surface area (Å²) in [4.78, 5) is 3.48. The summed E-state index contributed by atoms with van der Waals surface area (Å²) in [6.45, 7) is 6.40. The van der Waals surface area contributed by atoms with Crippen molar-refractivity contribution in [1.29, 1.82) is 0 Å². The van der Waals surface area contributed by atoms with Crippen molar-refractivity contribution in [2.45, 2.75) is 11.8 Å². The number of benzene rings is 1. The van der Waals surface area contributed by atoms with Gasteiger partial charge in [0.05, 0.1) is 5.69 Å². The molecule has 0 atom stereocenters. The minimum atomic E-state index is 1.07. The van der Waals surface area contributed by atoms with Crippen molar-refractivity contribution in [3.05, 3.63) is 23.8 Å². The number of nitrogens with zero attached hydrogens (tertiary/aromatic N) is 1. The highest BCUT2D eigenvalue weighted by molar-refractivity contribution is 7.80. The fourth-order valence-electron chi connectivity index (χ4n) is 1.81. The van der Waals surface area contributed by atoms with Crippen LogP contribution in [0.5, 0.6) is 0 Å². The van der Waals surface area contributed by atoms with Gasteiger partial charge in [0.25, 0.3) is 0 Å². The van der Waals surface area contributed by atoms with Crippen LogP contribution in [-0.2, 0) is 0 Å². The molecule has 2 nitrogen and oxygen atoms in total. The van der Waals surface area contributed by atoms with E-state index in [9.17, 15) is 0 Å². The van der Waals surface area contributed by atoms with Crippen LogP contribution in [0.3, 0.4) is 0 Å². The molecule has 2 rings (SSSR count). The van der Waals surface area contributed by atoms with E-state index in [-0.39, 0.29) is 0 Å². The molecule has 0 radical (unpaired) electrons. The lowest BCUT2D eigenvalue weighted by atomic mass is 10.2. The Bertz CT molecular complexity index is 319. The van der Waals surface area contributed by atoms with Crippen LogP contribution in [0.25, 0.3) is 0 Å². The predicted octanol–water partition coefficient (Wildman–Crippen LogP) is 1.69. The quantitative estimate of drug-likeness (QED) is 0.683. The Morgan fingerprint density at radius 2 is 2.00 bits per heavy atom. The molecule has 76 valence electrons. The second-order valence-corrected chi connectivity index (χ2v) is 4.21. The summed E-state index contributed by atoms with van der Waals surface area (Å²) in [6, 6.07) is 6.44. The third kappa shape index (κ3) is 2.04. The van der Waals surface area contributed by atoms with E-state index in [1.807, 2.05) is 0 Å². The van der Waals surface area contributed by atoms with Gasteiger partial charge >= 0.3 is 0 Å². The van der Waals surface area contributed by atoms with Crippen molar-refractivity contribution in [2.24, 2.45) is 0 Å². The Kier molecular flexibility index (Phi) is 2.99. The molecule has 1 aromatic carbocycles. The molecule has 1 aliphatic heterocycles. The smallest absolute Gasteiger partial charge is 0.0502 e. The highest BCUT2D eigenvalue weighted by Gasteiger charge is 2.12. The van der Waals surface area contributed by atoms with Crippen molar-refractivity contribution >= 4 is 18.3 Å². The number of rotatable bonds is 1. The second-order valence-electron chi connectivity index (χ2n) is 3.73. The molecule has 0 aromatic heterocycles. The van der Waals surface area contributed by atoms with Crippen LogP contribution < -0.4 is 10.2 Å². The lowest BCUT2D eigenvalue weighted by molar-refractivity contribution is 0.587. The van der Waals surface area contributed by atoms with Gasteiger partial charge in [0.2, 0.25) is 0 Å². The van der Waals surface area contributed by atoms with E-state index in [0.717, 1.165) is 31.1 Å². The molecule has 1 aliphatic rings. The Morgan fingerprint density at radius 3 is 2.64 bits per heavy atom. The summed E-state index contributed by atoms with van der Waals surface area (Å²) in [5, 5.41) is 3.35. The Balaban J connectivity index is 2.22. The van der Waals surface area contributed by atoms with E-state index in [0.29, 0.717) is 0 Å². The molecule has 1 N–H and O–H groups in total. The average molecular weight is 208 g/mol. The van der Waals surface area contributed by atoms with Crippen LogP contribution >= 0.6 is 12.6 Å². The summed E-state index contributed by atoms with van der Waals surface area (Å²) in [6.07, 6.45) is 0. The zero-order chi connectivity index (χ0) is 9.97. The van der Waals surface area contributed by atoms with Gasteiger partial charge in [-0.3, -0.25) is 0 Å². The first-order valence-corrected chi connectivity index (χ1v) is 5.47. The molecule has 1 heterocycles. The van der Waals surface area contributed by atoms with Crippen LogP contribution in [0.1, 0.15) is 5.56 Å². The van der Waals surface area contributed by atoms with E-state index in [2.05, 4.69) is 48.0 Å². The van der Waals surface area contributed by atoms with Gasteiger partial charge in [-0.2, -0.15) is 0 Å². The van der Waals surface area contributed by atoms with Crippen molar-refractivity contribution in [2.75, 3.05) is 31.1 Å². The fraction of sp³-hybridized carbons (Fsp3) is 0.455. The maximum Gasteiger partial charge on any atom is 0.0502 e. The van der Waals surface area contributed by atoms with E-state index >= 15 is 0 Å². The van der Waals surface area contributed by atoms with Crippen LogP contribution in [0.2, 0.25) is 0 Å². The largest absolute Gasteiger partial charge is 0.368 e. The van der Waals surface area contributed by atoms with Gasteiger partial charge in [-0.1, -0.05) is 6.07 Å². The van der Waals surface area contributed by atoms with Gasteiger partial charge < -0.3 is 10.2 Å². The molecule has 0 unspecified atom stereocenters. The number of hydrogen-bond acceptors (Lipinski definition) is 3. The van der Waals surface area contributed by atoms with Crippen LogP contribution in [0.15, 0.2) is 23.1 Å². The summed E-state index contributed by atoms with van der Waals surface area (Å²) in [7, 11) is 0. The lowest BCUT2D eigenvalue weighted by Gasteiger charge is -2.30. The number of aryl methyl sites for hydroxylation is 1. The predicted molar refractivity (Wildman–Crippen MR) is 63.5 cm³/mol. The zero-order valence-corrected chi connectivity index (χ0v) is 9.35. The van der Waals surface area contributed by atoms with Gasteiger partial charge in [-0.15, -0.1) is 12.6 Å². The first-order chi connectivity index (χ1) is 6.77. The highest BCUT2D eigenvalue weighted by atomic mass is 32.1. The molecule has 0 aliphatic carbocycles.